The van der Waals surface area contributed by atoms with Crippen LogP contribution in [0.3, 0.4) is 0 Å². The number of nitrogens with one attached hydrogen (secondary N) is 1. The molecule has 3 aromatic rings. The van der Waals surface area contributed by atoms with E-state index in [4.69, 9.17) is 0 Å². The lowest BCUT2D eigenvalue weighted by Crippen LogP contribution is -2.29. The number of hydrogen-bond acceptors (Lipinski definition) is 1. The highest BCUT2D eigenvalue weighted by atomic mass is 19.4. The summed E-state index contributed by atoms with van der Waals surface area (Å²) in [5, 5.41) is 5.92. The number of rotatable bonds is 1. The van der Waals surface area contributed by atoms with Crippen molar-refractivity contribution in [2.24, 2.45) is 5.92 Å². The fourth-order valence-corrected chi connectivity index (χ4v) is 4.60. The van der Waals surface area contributed by atoms with Crippen LogP contribution < -0.4 is 5.32 Å². The van der Waals surface area contributed by atoms with Crippen LogP contribution >= 0.6 is 0 Å². The van der Waals surface area contributed by atoms with Gasteiger partial charge in [0.2, 0.25) is 0 Å². The Morgan fingerprint density at radius 2 is 1.70 bits per heavy atom. The molecule has 1 N–H and O–H groups in total. The van der Waals surface area contributed by atoms with Gasteiger partial charge in [0.05, 0.1) is 11.6 Å². The lowest BCUT2D eigenvalue weighted by atomic mass is 9.76. The van der Waals surface area contributed by atoms with Crippen molar-refractivity contribution >= 4 is 16.5 Å². The number of benzene rings is 3. The summed E-state index contributed by atoms with van der Waals surface area (Å²) in [6.45, 7) is 0. The number of halogens is 3. The Hall–Kier alpha value is -2.75. The van der Waals surface area contributed by atoms with Gasteiger partial charge in [0, 0.05) is 11.6 Å². The zero-order valence-electron chi connectivity index (χ0n) is 14.5. The number of anilines is 1. The summed E-state index contributed by atoms with van der Waals surface area (Å²) >= 11 is 0. The maximum absolute atomic E-state index is 13.2. The molecule has 136 valence electrons. The summed E-state index contributed by atoms with van der Waals surface area (Å²) < 4.78 is 39.5. The van der Waals surface area contributed by atoms with Crippen molar-refractivity contribution in [2.75, 3.05) is 5.32 Å². The van der Waals surface area contributed by atoms with Gasteiger partial charge in [-0.2, -0.15) is 13.2 Å². The Morgan fingerprint density at radius 3 is 2.56 bits per heavy atom. The number of alkyl halides is 3. The molecule has 0 amide bonds. The second kappa shape index (κ2) is 5.88. The molecule has 0 bridgehead atoms. The van der Waals surface area contributed by atoms with Gasteiger partial charge in [-0.3, -0.25) is 0 Å². The molecule has 1 aliphatic carbocycles. The van der Waals surface area contributed by atoms with Gasteiger partial charge in [-0.15, -0.1) is 0 Å². The highest BCUT2D eigenvalue weighted by Crippen LogP contribution is 2.51. The van der Waals surface area contributed by atoms with E-state index in [1.54, 1.807) is 6.07 Å². The molecule has 4 heteroatoms. The normalized spacial score (nSPS) is 23.7. The molecule has 0 saturated carbocycles. The van der Waals surface area contributed by atoms with Crippen LogP contribution in [-0.2, 0) is 6.18 Å². The van der Waals surface area contributed by atoms with Crippen LogP contribution in [0.4, 0.5) is 18.9 Å². The van der Waals surface area contributed by atoms with Gasteiger partial charge >= 0.3 is 6.18 Å². The van der Waals surface area contributed by atoms with Crippen LogP contribution in [0.2, 0.25) is 0 Å². The molecule has 5 rings (SSSR count). The average Bonchev–Trinajstić information content (AvgIpc) is 3.16. The van der Waals surface area contributed by atoms with Crippen LogP contribution in [0.25, 0.3) is 10.8 Å². The first-order chi connectivity index (χ1) is 13.0. The Bertz CT molecular complexity index is 1050. The maximum atomic E-state index is 13.2. The van der Waals surface area contributed by atoms with E-state index in [0.29, 0.717) is 0 Å². The van der Waals surface area contributed by atoms with Gasteiger partial charge in [0.1, 0.15) is 0 Å². The van der Waals surface area contributed by atoms with Crippen molar-refractivity contribution in [3.05, 3.63) is 89.5 Å². The first-order valence-corrected chi connectivity index (χ1v) is 9.14. The molecule has 3 atom stereocenters. The van der Waals surface area contributed by atoms with Gasteiger partial charge in [0.15, 0.2) is 0 Å². The quantitative estimate of drug-likeness (QED) is 0.474. The molecular weight excluding hydrogens is 347 g/mol. The second-order valence-corrected chi connectivity index (χ2v) is 7.34. The zero-order valence-corrected chi connectivity index (χ0v) is 14.5. The van der Waals surface area contributed by atoms with Crippen LogP contribution in [0.5, 0.6) is 0 Å². The second-order valence-electron chi connectivity index (χ2n) is 7.34. The van der Waals surface area contributed by atoms with Gasteiger partial charge < -0.3 is 5.32 Å². The molecule has 1 aliphatic heterocycles. The van der Waals surface area contributed by atoms with Crippen LogP contribution in [0, 0.1) is 5.92 Å². The standard InChI is InChI=1S/C23H18F3N/c24-23(25,26)15-11-12-21-20(13-15)17-8-4-10-19(17)22(27-21)18-9-3-6-14-5-1-2-7-16(14)18/h1-9,11-13,17,19,22,27H,10H2/t17?,19?,22-/m1/s1. The van der Waals surface area contributed by atoms with E-state index in [9.17, 15) is 13.2 Å². The van der Waals surface area contributed by atoms with E-state index in [-0.39, 0.29) is 17.9 Å². The van der Waals surface area contributed by atoms with Crippen LogP contribution in [0.15, 0.2) is 72.8 Å². The van der Waals surface area contributed by atoms with Crippen molar-refractivity contribution in [3.8, 4) is 0 Å². The molecule has 0 saturated heterocycles. The third-order valence-corrected chi connectivity index (χ3v) is 5.85. The van der Waals surface area contributed by atoms with Crippen LogP contribution in [-0.4, -0.2) is 0 Å². The fourth-order valence-electron chi connectivity index (χ4n) is 4.60. The molecule has 3 aromatic carbocycles. The molecule has 1 nitrogen and oxygen atoms in total. The molecular formula is C23H18F3N. The number of allylic oxidation sites excluding steroid dienone is 2. The highest BCUT2D eigenvalue weighted by molar-refractivity contribution is 5.86. The van der Waals surface area contributed by atoms with Crippen molar-refractivity contribution in [2.45, 2.75) is 24.6 Å². The third kappa shape index (κ3) is 2.62. The minimum absolute atomic E-state index is 0.00696. The Balaban J connectivity index is 1.63. The summed E-state index contributed by atoms with van der Waals surface area (Å²) in [6, 6.07) is 18.7. The lowest BCUT2D eigenvalue weighted by molar-refractivity contribution is -0.137. The minimum atomic E-state index is -4.32. The number of hydrogen-bond donors (Lipinski definition) is 1. The summed E-state index contributed by atoms with van der Waals surface area (Å²) in [7, 11) is 0. The third-order valence-electron chi connectivity index (χ3n) is 5.85. The summed E-state index contributed by atoms with van der Waals surface area (Å²) in [4.78, 5) is 0. The summed E-state index contributed by atoms with van der Waals surface area (Å²) in [5.74, 6) is 0.222. The Labute approximate surface area is 155 Å². The first-order valence-electron chi connectivity index (χ1n) is 9.14. The molecule has 0 fully saturated rings. The number of fused-ring (bicyclic) bond motifs is 4. The van der Waals surface area contributed by atoms with Crippen molar-refractivity contribution in [1.82, 2.24) is 0 Å². The Kier molecular flexibility index (Phi) is 3.58. The van der Waals surface area contributed by atoms with Crippen molar-refractivity contribution in [3.63, 3.8) is 0 Å². The van der Waals surface area contributed by atoms with Gasteiger partial charge in [0.25, 0.3) is 0 Å². The predicted octanol–water partition coefficient (Wildman–Crippen LogP) is 6.69. The topological polar surface area (TPSA) is 12.0 Å². The fraction of sp³-hybridized carbons (Fsp3) is 0.217. The van der Waals surface area contributed by atoms with E-state index < -0.39 is 11.7 Å². The maximum Gasteiger partial charge on any atom is 0.416 e. The van der Waals surface area contributed by atoms with Gasteiger partial charge in [-0.25, -0.2) is 0 Å². The lowest BCUT2D eigenvalue weighted by Gasteiger charge is -2.38. The van der Waals surface area contributed by atoms with E-state index in [1.165, 1.54) is 28.5 Å². The monoisotopic (exact) mass is 365 g/mol. The molecule has 0 radical (unpaired) electrons. The van der Waals surface area contributed by atoms with Gasteiger partial charge in [-0.05, 0) is 52.4 Å². The van der Waals surface area contributed by atoms with Crippen LogP contribution in [0.1, 0.15) is 35.1 Å². The predicted molar refractivity (Wildman–Crippen MR) is 102 cm³/mol. The first kappa shape index (κ1) is 16.4. The summed E-state index contributed by atoms with van der Waals surface area (Å²) in [6.07, 6.45) is 0.716. The molecule has 27 heavy (non-hydrogen) atoms. The van der Waals surface area contributed by atoms with Crippen molar-refractivity contribution < 1.29 is 13.2 Å². The van der Waals surface area contributed by atoms with Gasteiger partial charge in [-0.1, -0.05) is 54.6 Å². The average molecular weight is 365 g/mol. The van der Waals surface area contributed by atoms with E-state index in [0.717, 1.165) is 17.7 Å². The molecule has 0 spiro atoms. The van der Waals surface area contributed by atoms with E-state index in [2.05, 4.69) is 47.8 Å². The minimum Gasteiger partial charge on any atom is -0.378 e. The largest absolute Gasteiger partial charge is 0.416 e. The molecule has 2 aliphatic rings. The summed E-state index contributed by atoms with van der Waals surface area (Å²) in [5.41, 5.74) is 2.18. The van der Waals surface area contributed by atoms with E-state index >= 15 is 0 Å². The van der Waals surface area contributed by atoms with Crippen molar-refractivity contribution in [1.29, 1.82) is 0 Å². The molecule has 0 aromatic heterocycles. The Morgan fingerprint density at radius 1 is 0.889 bits per heavy atom. The molecule has 2 unspecified atom stereocenters. The zero-order chi connectivity index (χ0) is 18.6. The SMILES string of the molecule is FC(F)(F)c1ccc2c(c1)C1C=CCC1[C@@H](c1cccc3ccccc13)N2. The highest BCUT2D eigenvalue weighted by Gasteiger charge is 2.40. The molecule has 1 heterocycles. The van der Waals surface area contributed by atoms with E-state index in [1.807, 2.05) is 12.1 Å². The smallest absolute Gasteiger partial charge is 0.378 e.